The van der Waals surface area contributed by atoms with E-state index in [1.165, 1.54) is 4.31 Å². The average molecular weight is 504 g/mol. The molecular weight excluding hydrogens is 478 g/mol. The van der Waals surface area contributed by atoms with Crippen molar-refractivity contribution in [3.63, 3.8) is 0 Å². The van der Waals surface area contributed by atoms with Gasteiger partial charge in [-0.3, -0.25) is 4.31 Å². The molecule has 0 N–H and O–H groups in total. The molecule has 0 fully saturated rings. The lowest BCUT2D eigenvalue weighted by Crippen LogP contribution is -2.30. The number of pyridine rings is 1. The third kappa shape index (κ3) is 4.26. The highest BCUT2D eigenvalue weighted by Crippen LogP contribution is 2.31. The summed E-state index contributed by atoms with van der Waals surface area (Å²) in [4.78, 5) is 0.251. The molecule has 0 saturated carbocycles. The van der Waals surface area contributed by atoms with Gasteiger partial charge in [-0.15, -0.1) is 0 Å². The average Bonchev–Trinajstić information content (AvgIpc) is 3.37. The Morgan fingerprint density at radius 3 is 2.14 bits per heavy atom. The molecule has 0 saturated heterocycles. The third-order valence-corrected chi connectivity index (χ3v) is 8.33. The number of aryl methyl sites for hydroxylation is 1. The monoisotopic (exact) mass is 503 g/mol. The van der Waals surface area contributed by atoms with Crippen LogP contribution in [0, 0.1) is 6.92 Å². The van der Waals surface area contributed by atoms with Gasteiger partial charge in [0, 0.05) is 10.9 Å². The zero-order chi connectivity index (χ0) is 25.4. The minimum atomic E-state index is -3.83. The van der Waals surface area contributed by atoms with E-state index >= 15 is 0 Å². The predicted octanol–water partition coefficient (Wildman–Crippen LogP) is 6.86. The zero-order valence-electron chi connectivity index (χ0n) is 20.3. The van der Waals surface area contributed by atoms with Gasteiger partial charge >= 0.3 is 0 Å². The first kappa shape index (κ1) is 23.0. The van der Waals surface area contributed by atoms with E-state index in [4.69, 9.17) is 5.10 Å². The predicted molar refractivity (Wildman–Crippen MR) is 149 cm³/mol. The maximum Gasteiger partial charge on any atom is 0.264 e. The lowest BCUT2D eigenvalue weighted by molar-refractivity contribution is 0.589. The molecule has 0 atom stereocenters. The third-order valence-electron chi connectivity index (χ3n) is 6.55. The van der Waals surface area contributed by atoms with Crippen LogP contribution in [0.1, 0.15) is 11.3 Å². The van der Waals surface area contributed by atoms with Gasteiger partial charge in [-0.2, -0.15) is 5.10 Å². The maximum atomic E-state index is 13.9. The summed E-state index contributed by atoms with van der Waals surface area (Å²) in [7, 11) is -3.83. The molecule has 5 nitrogen and oxygen atoms in total. The number of rotatable bonds is 6. The van der Waals surface area contributed by atoms with E-state index in [9.17, 15) is 8.42 Å². The fourth-order valence-electron chi connectivity index (χ4n) is 4.66. The van der Waals surface area contributed by atoms with Crippen LogP contribution in [0.2, 0.25) is 0 Å². The van der Waals surface area contributed by atoms with E-state index in [0.29, 0.717) is 11.4 Å². The molecule has 4 aromatic carbocycles. The lowest BCUT2D eigenvalue weighted by Gasteiger charge is -2.23. The summed E-state index contributed by atoms with van der Waals surface area (Å²) in [6, 6.07) is 38.6. The fraction of sp³-hybridized carbons (Fsp3) is 0.0645. The largest absolute Gasteiger partial charge is 0.264 e. The van der Waals surface area contributed by atoms with Gasteiger partial charge in [0.2, 0.25) is 0 Å². The summed E-state index contributed by atoms with van der Waals surface area (Å²) in [6.45, 7) is 2.04. The van der Waals surface area contributed by atoms with Gasteiger partial charge in [0.05, 0.1) is 34.0 Å². The first-order valence-corrected chi connectivity index (χ1v) is 13.5. The molecule has 6 rings (SSSR count). The molecule has 0 aliphatic carbocycles. The smallest absolute Gasteiger partial charge is 0.260 e. The Morgan fingerprint density at radius 1 is 0.757 bits per heavy atom. The number of nitrogens with zero attached hydrogens (tertiary/aromatic N) is 3. The summed E-state index contributed by atoms with van der Waals surface area (Å²) in [5.74, 6) is 0. The van der Waals surface area contributed by atoms with Crippen molar-refractivity contribution in [3.8, 4) is 11.3 Å². The second-order valence-electron chi connectivity index (χ2n) is 9.08. The number of aromatic nitrogens is 2. The van der Waals surface area contributed by atoms with Crippen molar-refractivity contribution in [2.75, 3.05) is 4.31 Å². The van der Waals surface area contributed by atoms with Crippen LogP contribution < -0.4 is 4.31 Å². The molecule has 0 unspecified atom stereocenters. The number of sulfonamides is 1. The van der Waals surface area contributed by atoms with Crippen LogP contribution in [0.25, 0.3) is 27.5 Å². The molecule has 0 aliphatic rings. The SMILES string of the molecule is Cc1ccc(S(=O)(=O)N(Cc2cc3c4ccccc4cc(-c4ccccc4)n3n2)c2ccccc2)cc1. The van der Waals surface area contributed by atoms with Crippen LogP contribution in [0.15, 0.2) is 126 Å². The Balaban J connectivity index is 1.52. The minimum absolute atomic E-state index is 0.102. The molecule has 0 radical (unpaired) electrons. The van der Waals surface area contributed by atoms with Crippen LogP contribution in [-0.2, 0) is 16.6 Å². The van der Waals surface area contributed by atoms with Crippen LogP contribution in [-0.4, -0.2) is 18.0 Å². The summed E-state index contributed by atoms with van der Waals surface area (Å²) in [6.07, 6.45) is 0. The van der Waals surface area contributed by atoms with Gasteiger partial charge in [0.25, 0.3) is 10.0 Å². The van der Waals surface area contributed by atoms with Crippen molar-refractivity contribution < 1.29 is 8.42 Å². The fourth-order valence-corrected chi connectivity index (χ4v) is 6.09. The Morgan fingerprint density at radius 2 is 1.41 bits per heavy atom. The Bertz CT molecular complexity index is 1810. The summed E-state index contributed by atoms with van der Waals surface area (Å²) >= 11 is 0. The van der Waals surface area contributed by atoms with Crippen molar-refractivity contribution >= 4 is 32.0 Å². The van der Waals surface area contributed by atoms with E-state index in [2.05, 4.69) is 30.3 Å². The number of hydrogen-bond acceptors (Lipinski definition) is 3. The highest BCUT2D eigenvalue weighted by Gasteiger charge is 2.26. The molecule has 0 spiro atoms. The molecule has 37 heavy (non-hydrogen) atoms. The number of anilines is 1. The Kier molecular flexibility index (Phi) is 5.74. The quantitative estimate of drug-likeness (QED) is 0.250. The lowest BCUT2D eigenvalue weighted by atomic mass is 10.1. The molecule has 0 bridgehead atoms. The van der Waals surface area contributed by atoms with Crippen molar-refractivity contribution in [1.29, 1.82) is 0 Å². The molecular formula is C31H25N3O2S. The number of benzene rings is 4. The van der Waals surface area contributed by atoms with Gasteiger partial charge < -0.3 is 0 Å². The highest BCUT2D eigenvalue weighted by molar-refractivity contribution is 7.92. The number of hydrogen-bond donors (Lipinski definition) is 0. The second-order valence-corrected chi connectivity index (χ2v) is 10.9. The molecule has 0 aliphatic heterocycles. The maximum absolute atomic E-state index is 13.9. The van der Waals surface area contributed by atoms with Crippen molar-refractivity contribution in [2.24, 2.45) is 0 Å². The Labute approximate surface area is 216 Å². The zero-order valence-corrected chi connectivity index (χ0v) is 21.1. The summed E-state index contributed by atoms with van der Waals surface area (Å²) in [5.41, 5.74) is 5.19. The van der Waals surface area contributed by atoms with Crippen molar-refractivity contribution in [1.82, 2.24) is 9.61 Å². The van der Waals surface area contributed by atoms with Gasteiger partial charge in [-0.25, -0.2) is 12.9 Å². The van der Waals surface area contributed by atoms with Gasteiger partial charge in [0.15, 0.2) is 0 Å². The summed E-state index contributed by atoms with van der Waals surface area (Å²) in [5, 5.41) is 7.10. The molecule has 182 valence electrons. The van der Waals surface area contributed by atoms with Crippen LogP contribution in [0.5, 0.6) is 0 Å². The van der Waals surface area contributed by atoms with Gasteiger partial charge in [-0.1, -0.05) is 90.5 Å². The van der Waals surface area contributed by atoms with Crippen LogP contribution in [0.4, 0.5) is 5.69 Å². The Hall–Kier alpha value is -4.42. The minimum Gasteiger partial charge on any atom is -0.260 e. The van der Waals surface area contributed by atoms with Crippen molar-refractivity contribution in [2.45, 2.75) is 18.4 Å². The van der Waals surface area contributed by atoms with Crippen LogP contribution in [0.3, 0.4) is 0 Å². The van der Waals surface area contributed by atoms with E-state index in [1.807, 2.05) is 90.3 Å². The van der Waals surface area contributed by atoms with Gasteiger partial charge in [-0.05, 0) is 48.7 Å². The number of fused-ring (bicyclic) bond motifs is 3. The first-order chi connectivity index (χ1) is 18.0. The molecule has 2 aromatic heterocycles. The van der Waals surface area contributed by atoms with Crippen molar-refractivity contribution in [3.05, 3.63) is 133 Å². The number of para-hydroxylation sites is 1. The van der Waals surface area contributed by atoms with E-state index in [-0.39, 0.29) is 11.4 Å². The first-order valence-electron chi connectivity index (χ1n) is 12.1. The summed E-state index contributed by atoms with van der Waals surface area (Å²) < 4.78 is 31.1. The van der Waals surface area contributed by atoms with E-state index < -0.39 is 10.0 Å². The van der Waals surface area contributed by atoms with Crippen LogP contribution >= 0.6 is 0 Å². The van der Waals surface area contributed by atoms with Gasteiger partial charge in [0.1, 0.15) is 0 Å². The second kappa shape index (κ2) is 9.22. The molecule has 6 heteroatoms. The molecule has 6 aromatic rings. The van der Waals surface area contributed by atoms with E-state index in [1.54, 1.807) is 12.1 Å². The molecule has 2 heterocycles. The normalized spacial score (nSPS) is 11.7. The topological polar surface area (TPSA) is 54.7 Å². The van der Waals surface area contributed by atoms with E-state index in [0.717, 1.165) is 33.1 Å². The highest BCUT2D eigenvalue weighted by atomic mass is 32.2. The molecule has 0 amide bonds. The standard InChI is InChI=1S/C31H25N3O2S/c1-23-16-18-28(19-17-23)37(35,36)33(27-13-6-3-7-14-27)22-26-21-31-29-15-9-8-12-25(29)20-30(34(31)32-26)24-10-4-2-5-11-24/h2-21H,22H2,1H3.